The van der Waals surface area contributed by atoms with E-state index in [4.69, 9.17) is 9.47 Å². The lowest BCUT2D eigenvalue weighted by Gasteiger charge is -2.27. The fourth-order valence-electron chi connectivity index (χ4n) is 3.93. The van der Waals surface area contributed by atoms with Gasteiger partial charge in [0, 0.05) is 17.7 Å². The van der Waals surface area contributed by atoms with E-state index in [0.717, 1.165) is 36.7 Å². The summed E-state index contributed by atoms with van der Waals surface area (Å²) in [6.07, 6.45) is 0.938. The quantitative estimate of drug-likeness (QED) is 0.719. The third kappa shape index (κ3) is 5.30. The van der Waals surface area contributed by atoms with E-state index in [0.29, 0.717) is 25.7 Å². The molecule has 3 rings (SSSR count). The largest absolute Gasteiger partial charge is 0.490 e. The van der Waals surface area contributed by atoms with Gasteiger partial charge in [-0.3, -0.25) is 4.79 Å². The number of benzene rings is 2. The molecule has 1 aliphatic rings. The Bertz CT molecular complexity index is 848. The molecule has 0 saturated heterocycles. The molecule has 2 N–H and O–H groups in total. The predicted octanol–water partition coefficient (Wildman–Crippen LogP) is 3.19. The van der Waals surface area contributed by atoms with Crippen molar-refractivity contribution in [1.29, 1.82) is 0 Å². The number of ether oxygens (including phenoxy) is 2. The zero-order valence-electron chi connectivity index (χ0n) is 18.0. The van der Waals surface area contributed by atoms with E-state index in [2.05, 4.69) is 37.4 Å². The summed E-state index contributed by atoms with van der Waals surface area (Å²) in [5.41, 5.74) is 4.63. The fourth-order valence-corrected chi connectivity index (χ4v) is 3.93. The van der Waals surface area contributed by atoms with Gasteiger partial charge in [-0.1, -0.05) is 32.0 Å². The predicted molar refractivity (Wildman–Crippen MR) is 116 cm³/mol. The first-order valence-corrected chi connectivity index (χ1v) is 10.7. The number of quaternary nitrogens is 1. The summed E-state index contributed by atoms with van der Waals surface area (Å²) in [5.74, 6) is 2.05. The Hall–Kier alpha value is -2.53. The molecule has 29 heavy (non-hydrogen) atoms. The maximum absolute atomic E-state index is 12.7. The van der Waals surface area contributed by atoms with Gasteiger partial charge in [-0.05, 0) is 49.1 Å². The monoisotopic (exact) mass is 397 g/mol. The Morgan fingerprint density at radius 1 is 1.07 bits per heavy atom. The highest BCUT2D eigenvalue weighted by Crippen LogP contribution is 2.32. The first-order chi connectivity index (χ1) is 14.0. The summed E-state index contributed by atoms with van der Waals surface area (Å²) in [5, 5.41) is 3.12. The van der Waals surface area contributed by atoms with Gasteiger partial charge in [0.15, 0.2) is 18.0 Å². The second-order valence-corrected chi connectivity index (χ2v) is 7.83. The topological polar surface area (TPSA) is 52.0 Å². The SMILES string of the molecule is CCOc1cc2c(cc1OCC)C[NH+](CC(=O)Nc1ccccc1C(C)C)CC2. The molecule has 156 valence electrons. The van der Waals surface area contributed by atoms with Crippen LogP contribution in [0, 0.1) is 0 Å². The second kappa shape index (κ2) is 9.79. The molecule has 5 nitrogen and oxygen atoms in total. The summed E-state index contributed by atoms with van der Waals surface area (Å²) in [7, 11) is 0. The van der Waals surface area contributed by atoms with Gasteiger partial charge in [-0.25, -0.2) is 0 Å². The first kappa shape index (κ1) is 21.2. The molecule has 2 aromatic rings. The van der Waals surface area contributed by atoms with Crippen molar-refractivity contribution in [2.24, 2.45) is 0 Å². The molecule has 1 aliphatic heterocycles. The van der Waals surface area contributed by atoms with Gasteiger partial charge in [-0.15, -0.1) is 0 Å². The van der Waals surface area contributed by atoms with Crippen LogP contribution in [0.1, 0.15) is 50.3 Å². The molecule has 0 fully saturated rings. The molecule has 2 aromatic carbocycles. The fraction of sp³-hybridized carbons (Fsp3) is 0.458. The average molecular weight is 398 g/mol. The van der Waals surface area contributed by atoms with Crippen LogP contribution >= 0.6 is 0 Å². The van der Waals surface area contributed by atoms with Crippen LogP contribution in [0.25, 0.3) is 0 Å². The molecule has 0 spiro atoms. The minimum atomic E-state index is 0.0625. The van der Waals surface area contributed by atoms with E-state index in [-0.39, 0.29) is 5.91 Å². The normalized spacial score (nSPS) is 15.7. The summed E-state index contributed by atoms with van der Waals surface area (Å²) < 4.78 is 11.5. The molecule has 0 saturated carbocycles. The van der Waals surface area contributed by atoms with Crippen molar-refractivity contribution >= 4 is 11.6 Å². The standard InChI is InChI=1S/C24H32N2O3/c1-5-28-22-13-18-11-12-26(15-19(18)14-23(22)29-6-2)16-24(27)25-21-10-8-7-9-20(21)17(3)4/h7-10,13-14,17H,5-6,11-12,15-16H2,1-4H3,(H,25,27)/p+1. The van der Waals surface area contributed by atoms with Crippen molar-refractivity contribution in [1.82, 2.24) is 0 Å². The van der Waals surface area contributed by atoms with Crippen LogP contribution in [-0.4, -0.2) is 32.2 Å². The molecule has 0 aromatic heterocycles. The number of para-hydroxylation sites is 1. The highest BCUT2D eigenvalue weighted by molar-refractivity contribution is 5.92. The Morgan fingerprint density at radius 2 is 1.72 bits per heavy atom. The van der Waals surface area contributed by atoms with Crippen LogP contribution < -0.4 is 19.7 Å². The van der Waals surface area contributed by atoms with Crippen LogP contribution in [0.15, 0.2) is 36.4 Å². The van der Waals surface area contributed by atoms with Crippen LogP contribution in [0.4, 0.5) is 5.69 Å². The number of fused-ring (bicyclic) bond motifs is 1. The molecule has 1 amide bonds. The minimum absolute atomic E-state index is 0.0625. The summed E-state index contributed by atoms with van der Waals surface area (Å²) in [6.45, 7) is 11.7. The summed E-state index contributed by atoms with van der Waals surface area (Å²) >= 11 is 0. The smallest absolute Gasteiger partial charge is 0.279 e. The van der Waals surface area contributed by atoms with Crippen molar-refractivity contribution in [3.63, 3.8) is 0 Å². The van der Waals surface area contributed by atoms with Crippen molar-refractivity contribution in [2.45, 2.75) is 46.6 Å². The van der Waals surface area contributed by atoms with E-state index in [1.165, 1.54) is 21.6 Å². The van der Waals surface area contributed by atoms with Gasteiger partial charge in [-0.2, -0.15) is 0 Å². The molecule has 0 bridgehead atoms. The third-order valence-electron chi connectivity index (χ3n) is 5.32. The van der Waals surface area contributed by atoms with Crippen molar-refractivity contribution in [2.75, 3.05) is 31.6 Å². The highest BCUT2D eigenvalue weighted by atomic mass is 16.5. The number of carbonyl (C=O) groups excluding carboxylic acids is 1. The zero-order chi connectivity index (χ0) is 20.8. The number of amides is 1. The van der Waals surface area contributed by atoms with Crippen LogP contribution in [0.5, 0.6) is 11.5 Å². The van der Waals surface area contributed by atoms with Gasteiger partial charge >= 0.3 is 0 Å². The Labute approximate surface area is 174 Å². The number of hydrogen-bond acceptors (Lipinski definition) is 3. The van der Waals surface area contributed by atoms with Crippen molar-refractivity contribution < 1.29 is 19.2 Å². The number of carbonyl (C=O) groups is 1. The van der Waals surface area contributed by atoms with E-state index >= 15 is 0 Å². The molecular formula is C24H33N2O3+. The van der Waals surface area contributed by atoms with E-state index in [9.17, 15) is 4.79 Å². The van der Waals surface area contributed by atoms with Crippen molar-refractivity contribution in [3.05, 3.63) is 53.1 Å². The average Bonchev–Trinajstić information content (AvgIpc) is 2.69. The maximum Gasteiger partial charge on any atom is 0.279 e. The lowest BCUT2D eigenvalue weighted by molar-refractivity contribution is -0.907. The van der Waals surface area contributed by atoms with Crippen molar-refractivity contribution in [3.8, 4) is 11.5 Å². The lowest BCUT2D eigenvalue weighted by atomic mass is 9.98. The first-order valence-electron chi connectivity index (χ1n) is 10.7. The van der Waals surface area contributed by atoms with Gasteiger partial charge < -0.3 is 19.7 Å². The van der Waals surface area contributed by atoms with Gasteiger partial charge in [0.25, 0.3) is 5.91 Å². The Balaban J connectivity index is 1.68. The van der Waals surface area contributed by atoms with Crippen LogP contribution in [0.3, 0.4) is 0 Å². The number of rotatable bonds is 8. The third-order valence-corrected chi connectivity index (χ3v) is 5.32. The maximum atomic E-state index is 12.7. The molecular weight excluding hydrogens is 364 g/mol. The van der Waals surface area contributed by atoms with E-state index in [1.807, 2.05) is 32.0 Å². The second-order valence-electron chi connectivity index (χ2n) is 7.83. The highest BCUT2D eigenvalue weighted by Gasteiger charge is 2.24. The molecule has 1 heterocycles. The number of nitrogens with one attached hydrogen (secondary N) is 2. The summed E-state index contributed by atoms with van der Waals surface area (Å²) in [6, 6.07) is 12.3. The molecule has 1 unspecified atom stereocenters. The van der Waals surface area contributed by atoms with Gasteiger partial charge in [0.05, 0.1) is 19.8 Å². The van der Waals surface area contributed by atoms with Crippen LogP contribution in [0.2, 0.25) is 0 Å². The molecule has 5 heteroatoms. The Kier molecular flexibility index (Phi) is 7.15. The molecule has 0 aliphatic carbocycles. The van der Waals surface area contributed by atoms with Crippen LogP contribution in [-0.2, 0) is 17.8 Å². The Morgan fingerprint density at radius 3 is 2.38 bits per heavy atom. The number of hydrogen-bond donors (Lipinski definition) is 2. The van der Waals surface area contributed by atoms with Gasteiger partial charge in [0.2, 0.25) is 0 Å². The number of anilines is 1. The summed E-state index contributed by atoms with van der Waals surface area (Å²) in [4.78, 5) is 14.0. The van der Waals surface area contributed by atoms with E-state index < -0.39 is 0 Å². The lowest BCUT2D eigenvalue weighted by Crippen LogP contribution is -3.12. The zero-order valence-corrected chi connectivity index (χ0v) is 18.0. The van der Waals surface area contributed by atoms with E-state index in [1.54, 1.807) is 0 Å². The minimum Gasteiger partial charge on any atom is -0.490 e. The van der Waals surface area contributed by atoms with Gasteiger partial charge in [0.1, 0.15) is 6.54 Å². The molecule has 1 atom stereocenters. The molecule has 0 radical (unpaired) electrons.